The summed E-state index contributed by atoms with van der Waals surface area (Å²) >= 11 is 0. The third-order valence-electron chi connectivity index (χ3n) is 3.23. The fourth-order valence-corrected chi connectivity index (χ4v) is 2.58. The smallest absolute Gasteiger partial charge is 0.341 e. The number of nitrogens with one attached hydrogen (secondary N) is 1. The molecule has 1 aromatic rings. The van der Waals surface area contributed by atoms with Crippen molar-refractivity contribution < 1.29 is 22.0 Å². The van der Waals surface area contributed by atoms with Crippen molar-refractivity contribution in [1.29, 1.82) is 0 Å². The zero-order chi connectivity index (χ0) is 16.9. The van der Waals surface area contributed by atoms with Crippen LogP contribution in [-0.4, -0.2) is 26.1 Å². The van der Waals surface area contributed by atoms with E-state index in [9.17, 15) is 22.0 Å². The summed E-state index contributed by atoms with van der Waals surface area (Å²) in [5.74, 6) is -3.28. The van der Waals surface area contributed by atoms with Gasteiger partial charge in [-0.05, 0) is 49.9 Å². The molecular formula is C15H21F2NO3S. The van der Waals surface area contributed by atoms with E-state index in [2.05, 4.69) is 19.2 Å². The first-order valence-corrected chi connectivity index (χ1v) is 8.62. The summed E-state index contributed by atoms with van der Waals surface area (Å²) in [4.78, 5) is 11.5. The van der Waals surface area contributed by atoms with Gasteiger partial charge in [-0.15, -0.1) is 0 Å². The number of sulfone groups is 1. The van der Waals surface area contributed by atoms with E-state index in [1.165, 1.54) is 12.1 Å². The van der Waals surface area contributed by atoms with E-state index < -0.39 is 20.5 Å². The normalized spacial score (nSPS) is 13.4. The standard InChI is InChI=1S/C15H21F2NO3S/c1-10(2)4-5-11(3)18-14(19)12-6-8-13(9-7-12)22(20,21)15(16)17/h6-11,15H,4-5H2,1-3H3,(H,18,19)/t11-/m0/s1. The molecule has 0 aliphatic rings. The predicted octanol–water partition coefficient (Wildman–Crippen LogP) is 3.24. The largest absolute Gasteiger partial charge is 0.350 e. The highest BCUT2D eigenvalue weighted by atomic mass is 32.2. The molecule has 0 spiro atoms. The number of rotatable bonds is 7. The Kier molecular flexibility index (Phi) is 6.47. The van der Waals surface area contributed by atoms with Crippen LogP contribution in [0.25, 0.3) is 0 Å². The van der Waals surface area contributed by atoms with Crippen molar-refractivity contribution in [2.75, 3.05) is 0 Å². The Hall–Kier alpha value is -1.50. The van der Waals surface area contributed by atoms with Gasteiger partial charge >= 0.3 is 5.76 Å². The average molecular weight is 333 g/mol. The molecule has 7 heteroatoms. The van der Waals surface area contributed by atoms with Gasteiger partial charge in [0, 0.05) is 11.6 Å². The van der Waals surface area contributed by atoms with Gasteiger partial charge in [0.25, 0.3) is 5.91 Å². The lowest BCUT2D eigenvalue weighted by Gasteiger charge is -2.15. The van der Waals surface area contributed by atoms with Gasteiger partial charge < -0.3 is 5.32 Å². The van der Waals surface area contributed by atoms with Gasteiger partial charge in [-0.1, -0.05) is 13.8 Å². The number of alkyl halides is 2. The van der Waals surface area contributed by atoms with Crippen molar-refractivity contribution >= 4 is 15.7 Å². The molecule has 4 nitrogen and oxygen atoms in total. The van der Waals surface area contributed by atoms with Crippen molar-refractivity contribution in [2.45, 2.75) is 50.3 Å². The van der Waals surface area contributed by atoms with Crippen LogP contribution in [0.2, 0.25) is 0 Å². The van der Waals surface area contributed by atoms with Crippen molar-refractivity contribution in [1.82, 2.24) is 5.32 Å². The molecule has 0 saturated carbocycles. The molecule has 0 fully saturated rings. The lowest BCUT2D eigenvalue weighted by molar-refractivity contribution is 0.0937. The highest BCUT2D eigenvalue weighted by Gasteiger charge is 2.26. The van der Waals surface area contributed by atoms with Crippen LogP contribution >= 0.6 is 0 Å². The molecule has 1 aromatic carbocycles. The van der Waals surface area contributed by atoms with E-state index in [1.54, 1.807) is 0 Å². The molecule has 124 valence electrons. The average Bonchev–Trinajstić information content (AvgIpc) is 2.45. The van der Waals surface area contributed by atoms with Crippen LogP contribution in [0, 0.1) is 5.92 Å². The summed E-state index contributed by atoms with van der Waals surface area (Å²) in [6.07, 6.45) is 1.81. The van der Waals surface area contributed by atoms with Gasteiger partial charge in [0.2, 0.25) is 9.84 Å². The Morgan fingerprint density at radius 2 is 1.64 bits per heavy atom. The zero-order valence-corrected chi connectivity index (χ0v) is 13.7. The Balaban J connectivity index is 2.73. The maximum Gasteiger partial charge on any atom is 0.341 e. The number of amides is 1. The zero-order valence-electron chi connectivity index (χ0n) is 12.8. The molecule has 1 atom stereocenters. The van der Waals surface area contributed by atoms with Crippen LogP contribution in [0.15, 0.2) is 29.2 Å². The summed E-state index contributed by atoms with van der Waals surface area (Å²) in [6, 6.07) is 4.50. The Labute approximate surface area is 129 Å². The van der Waals surface area contributed by atoms with Crippen molar-refractivity contribution in [3.8, 4) is 0 Å². The maximum atomic E-state index is 12.4. The Morgan fingerprint density at radius 3 is 2.09 bits per heavy atom. The fraction of sp³-hybridized carbons (Fsp3) is 0.533. The molecule has 0 saturated heterocycles. The number of hydrogen-bond acceptors (Lipinski definition) is 3. The minimum Gasteiger partial charge on any atom is -0.350 e. The summed E-state index contributed by atoms with van der Waals surface area (Å²) in [5.41, 5.74) is 0.240. The lowest BCUT2D eigenvalue weighted by Crippen LogP contribution is -2.32. The molecule has 0 bridgehead atoms. The van der Waals surface area contributed by atoms with Gasteiger partial charge in [0.1, 0.15) is 0 Å². The van der Waals surface area contributed by atoms with E-state index in [4.69, 9.17) is 0 Å². The topological polar surface area (TPSA) is 63.2 Å². The minimum absolute atomic E-state index is 0.0145. The first-order valence-electron chi connectivity index (χ1n) is 7.07. The summed E-state index contributed by atoms with van der Waals surface area (Å²) in [5, 5.41) is 2.80. The second-order valence-electron chi connectivity index (χ2n) is 5.68. The van der Waals surface area contributed by atoms with Crippen LogP contribution in [0.1, 0.15) is 44.0 Å². The molecule has 0 aromatic heterocycles. The highest BCUT2D eigenvalue weighted by molar-refractivity contribution is 7.91. The fourth-order valence-electron chi connectivity index (χ4n) is 1.86. The van der Waals surface area contributed by atoms with Crippen molar-refractivity contribution in [2.24, 2.45) is 5.92 Å². The van der Waals surface area contributed by atoms with E-state index in [-0.39, 0.29) is 17.5 Å². The third kappa shape index (κ3) is 5.05. The Bertz CT molecular complexity index is 598. The summed E-state index contributed by atoms with van der Waals surface area (Å²) < 4.78 is 47.4. The molecule has 0 aliphatic heterocycles. The number of carbonyl (C=O) groups is 1. The SMILES string of the molecule is CC(C)CC[C@H](C)NC(=O)c1ccc(S(=O)(=O)C(F)F)cc1. The first-order chi connectivity index (χ1) is 10.1. The maximum absolute atomic E-state index is 12.4. The van der Waals surface area contributed by atoms with E-state index >= 15 is 0 Å². The number of hydrogen-bond donors (Lipinski definition) is 1. The van der Waals surface area contributed by atoms with Gasteiger partial charge in [0.05, 0.1) is 4.90 Å². The van der Waals surface area contributed by atoms with Crippen molar-refractivity contribution in [3.05, 3.63) is 29.8 Å². The van der Waals surface area contributed by atoms with Crippen molar-refractivity contribution in [3.63, 3.8) is 0 Å². The van der Waals surface area contributed by atoms with E-state index in [1.807, 2.05) is 6.92 Å². The monoisotopic (exact) mass is 333 g/mol. The van der Waals surface area contributed by atoms with Crippen LogP contribution < -0.4 is 5.32 Å². The first kappa shape index (κ1) is 18.5. The van der Waals surface area contributed by atoms with Gasteiger partial charge in [-0.25, -0.2) is 8.42 Å². The number of halogens is 2. The van der Waals surface area contributed by atoms with E-state index in [0.29, 0.717) is 5.92 Å². The van der Waals surface area contributed by atoms with Crippen LogP contribution in [0.5, 0.6) is 0 Å². The molecule has 22 heavy (non-hydrogen) atoms. The van der Waals surface area contributed by atoms with Crippen LogP contribution in [0.4, 0.5) is 8.78 Å². The molecule has 0 unspecified atom stereocenters. The molecule has 0 heterocycles. The minimum atomic E-state index is -4.63. The molecular weight excluding hydrogens is 312 g/mol. The predicted molar refractivity (Wildman–Crippen MR) is 80.6 cm³/mol. The van der Waals surface area contributed by atoms with Gasteiger partial charge in [-0.2, -0.15) is 8.78 Å². The molecule has 1 rings (SSSR count). The van der Waals surface area contributed by atoms with Gasteiger partial charge in [-0.3, -0.25) is 4.79 Å². The number of benzene rings is 1. The van der Waals surface area contributed by atoms with Crippen LogP contribution in [-0.2, 0) is 9.84 Å². The highest BCUT2D eigenvalue weighted by Crippen LogP contribution is 2.18. The summed E-state index contributed by atoms with van der Waals surface area (Å²) in [7, 11) is -4.63. The lowest BCUT2D eigenvalue weighted by atomic mass is 10.0. The summed E-state index contributed by atoms with van der Waals surface area (Å²) in [6.45, 7) is 6.07. The quantitative estimate of drug-likeness (QED) is 0.833. The van der Waals surface area contributed by atoms with Crippen LogP contribution in [0.3, 0.4) is 0 Å². The molecule has 1 N–H and O–H groups in total. The van der Waals surface area contributed by atoms with E-state index in [0.717, 1.165) is 25.0 Å². The Morgan fingerprint density at radius 1 is 1.09 bits per heavy atom. The number of carbonyl (C=O) groups excluding carboxylic acids is 1. The van der Waals surface area contributed by atoms with Gasteiger partial charge in [0.15, 0.2) is 0 Å². The molecule has 0 aliphatic carbocycles. The second kappa shape index (κ2) is 7.67. The molecule has 0 radical (unpaired) electrons. The second-order valence-corrected chi connectivity index (χ2v) is 7.59. The third-order valence-corrected chi connectivity index (χ3v) is 4.63. The molecule has 1 amide bonds.